The minimum absolute atomic E-state index is 0.113. The van der Waals surface area contributed by atoms with Crippen LogP contribution in [0.4, 0.5) is 0 Å². The van der Waals surface area contributed by atoms with Gasteiger partial charge in [0.05, 0.1) is 19.1 Å². The number of methoxy groups -OCH3 is 2. The highest BCUT2D eigenvalue weighted by atomic mass is 32.2. The van der Waals surface area contributed by atoms with Gasteiger partial charge in [-0.05, 0) is 35.4 Å². The van der Waals surface area contributed by atoms with Gasteiger partial charge in [-0.3, -0.25) is 4.79 Å². The third-order valence-electron chi connectivity index (χ3n) is 4.34. The molecule has 0 aromatic heterocycles. The molecule has 1 aliphatic heterocycles. The van der Waals surface area contributed by atoms with E-state index in [9.17, 15) is 13.2 Å². The normalized spacial score (nSPS) is 16.4. The molecule has 0 bridgehead atoms. The van der Waals surface area contributed by atoms with Crippen LogP contribution in [0.1, 0.15) is 31.4 Å². The van der Waals surface area contributed by atoms with Gasteiger partial charge in [-0.2, -0.15) is 4.31 Å². The monoisotopic (exact) mass is 405 g/mol. The van der Waals surface area contributed by atoms with E-state index in [0.717, 1.165) is 11.1 Å². The van der Waals surface area contributed by atoms with Gasteiger partial charge in [-0.1, -0.05) is 44.5 Å². The largest absolute Gasteiger partial charge is 0.497 e. The molecule has 0 saturated heterocycles. The number of rotatable bonds is 4. The molecule has 3 rings (SSSR count). The Morgan fingerprint density at radius 3 is 2.14 bits per heavy atom. The Morgan fingerprint density at radius 1 is 1.04 bits per heavy atom. The average Bonchev–Trinajstić information content (AvgIpc) is 2.72. The summed E-state index contributed by atoms with van der Waals surface area (Å²) in [4.78, 5) is 12.3. The molecule has 0 saturated carbocycles. The highest BCUT2D eigenvalue weighted by Gasteiger charge is 2.40. The second kappa shape index (κ2) is 9.71. The van der Waals surface area contributed by atoms with Crippen molar-refractivity contribution < 1.29 is 22.7 Å². The third kappa shape index (κ3) is 4.72. The molecule has 6 nitrogen and oxygen atoms in total. The van der Waals surface area contributed by atoms with E-state index in [0.29, 0.717) is 5.75 Å². The Morgan fingerprint density at radius 2 is 1.61 bits per heavy atom. The van der Waals surface area contributed by atoms with Gasteiger partial charge < -0.3 is 9.47 Å². The molecule has 28 heavy (non-hydrogen) atoms. The number of fused-ring (bicyclic) bond motifs is 1. The Balaban J connectivity index is 0.000000878. The summed E-state index contributed by atoms with van der Waals surface area (Å²) in [5.74, 6) is -0.000882. The van der Waals surface area contributed by atoms with Crippen LogP contribution in [0.15, 0.2) is 53.4 Å². The van der Waals surface area contributed by atoms with Crippen molar-refractivity contribution in [3.8, 4) is 5.75 Å². The molecule has 1 unspecified atom stereocenters. The molecule has 1 heterocycles. The van der Waals surface area contributed by atoms with E-state index >= 15 is 0 Å². The van der Waals surface area contributed by atoms with Crippen molar-refractivity contribution in [3.05, 3.63) is 59.7 Å². The van der Waals surface area contributed by atoms with Gasteiger partial charge in [0.25, 0.3) is 0 Å². The molecule has 2 aromatic rings. The van der Waals surface area contributed by atoms with E-state index in [2.05, 4.69) is 13.8 Å². The summed E-state index contributed by atoms with van der Waals surface area (Å²) < 4.78 is 37.3. The smallest absolute Gasteiger partial charge is 0.324 e. The van der Waals surface area contributed by atoms with Crippen molar-refractivity contribution in [2.75, 3.05) is 14.2 Å². The van der Waals surface area contributed by atoms with E-state index in [-0.39, 0.29) is 17.9 Å². The van der Waals surface area contributed by atoms with Crippen LogP contribution < -0.4 is 4.74 Å². The number of hydrogen-bond donors (Lipinski definition) is 0. The third-order valence-corrected chi connectivity index (χ3v) is 6.21. The van der Waals surface area contributed by atoms with Crippen LogP contribution in [0.25, 0.3) is 0 Å². The summed E-state index contributed by atoms with van der Waals surface area (Å²) in [5, 5.41) is 0. The van der Waals surface area contributed by atoms with Crippen molar-refractivity contribution in [2.45, 2.75) is 44.2 Å². The zero-order valence-electron chi connectivity index (χ0n) is 16.7. The van der Waals surface area contributed by atoms with Crippen LogP contribution in [-0.4, -0.2) is 39.0 Å². The first kappa shape index (κ1) is 21.9. The van der Waals surface area contributed by atoms with E-state index in [4.69, 9.17) is 9.47 Å². The molecule has 1 atom stereocenters. The zero-order valence-corrected chi connectivity index (χ0v) is 17.5. The number of ether oxygens (including phenoxy) is 2. The maximum atomic E-state index is 13.1. The van der Waals surface area contributed by atoms with Crippen LogP contribution in [0, 0.1) is 0 Å². The molecule has 1 aliphatic rings. The number of carbonyl (C=O) groups excluding carboxylic acids is 1. The Bertz CT molecular complexity index is 893. The predicted octanol–water partition coefficient (Wildman–Crippen LogP) is 3.40. The van der Waals surface area contributed by atoms with E-state index in [1.54, 1.807) is 12.1 Å². The first-order chi connectivity index (χ1) is 13.4. The quantitative estimate of drug-likeness (QED) is 0.729. The van der Waals surface area contributed by atoms with E-state index in [1.807, 2.05) is 24.3 Å². The van der Waals surface area contributed by atoms with Gasteiger partial charge in [0.1, 0.15) is 11.8 Å². The lowest BCUT2D eigenvalue weighted by atomic mass is 9.96. The summed E-state index contributed by atoms with van der Waals surface area (Å²) >= 11 is 0. The summed E-state index contributed by atoms with van der Waals surface area (Å²) in [6.45, 7) is 4.38. The van der Waals surface area contributed by atoms with Crippen LogP contribution in [0.2, 0.25) is 0 Å². The maximum Gasteiger partial charge on any atom is 0.324 e. The highest BCUT2D eigenvalue weighted by molar-refractivity contribution is 7.89. The molecule has 0 aliphatic carbocycles. The minimum atomic E-state index is -3.86. The first-order valence-corrected chi connectivity index (χ1v) is 10.6. The molecule has 0 radical (unpaired) electrons. The number of sulfonamides is 1. The number of nitrogens with zero attached hydrogens (tertiary/aromatic N) is 1. The lowest BCUT2D eigenvalue weighted by Crippen LogP contribution is -2.48. The van der Waals surface area contributed by atoms with Gasteiger partial charge in [0, 0.05) is 13.0 Å². The SMILES string of the molecule is CCC.COC(=O)C1Cc2ccccc2CN1S(=O)(=O)c1ccc(OC)cc1. The summed E-state index contributed by atoms with van der Waals surface area (Å²) in [6.07, 6.45) is 1.54. The maximum absolute atomic E-state index is 13.1. The lowest BCUT2D eigenvalue weighted by molar-refractivity contribution is -0.145. The van der Waals surface area contributed by atoms with E-state index in [1.165, 1.54) is 37.1 Å². The van der Waals surface area contributed by atoms with Crippen molar-refractivity contribution in [1.82, 2.24) is 4.31 Å². The molecular weight excluding hydrogens is 378 g/mol. The summed E-state index contributed by atoms with van der Waals surface area (Å²) in [5.41, 5.74) is 1.85. The summed E-state index contributed by atoms with van der Waals surface area (Å²) in [6, 6.07) is 12.7. The molecule has 2 aromatic carbocycles. The second-order valence-electron chi connectivity index (χ2n) is 6.44. The first-order valence-electron chi connectivity index (χ1n) is 9.19. The topological polar surface area (TPSA) is 72.9 Å². The van der Waals surface area contributed by atoms with Gasteiger partial charge in [-0.15, -0.1) is 0 Å². The second-order valence-corrected chi connectivity index (χ2v) is 8.34. The zero-order chi connectivity index (χ0) is 20.7. The van der Waals surface area contributed by atoms with Gasteiger partial charge >= 0.3 is 5.97 Å². The van der Waals surface area contributed by atoms with Crippen LogP contribution in [-0.2, 0) is 32.5 Å². The number of hydrogen-bond acceptors (Lipinski definition) is 5. The van der Waals surface area contributed by atoms with Crippen LogP contribution >= 0.6 is 0 Å². The average molecular weight is 406 g/mol. The van der Waals surface area contributed by atoms with Crippen molar-refractivity contribution in [1.29, 1.82) is 0 Å². The molecule has 0 amide bonds. The van der Waals surface area contributed by atoms with Crippen molar-refractivity contribution >= 4 is 16.0 Å². The van der Waals surface area contributed by atoms with Crippen molar-refractivity contribution in [3.63, 3.8) is 0 Å². The fourth-order valence-electron chi connectivity index (χ4n) is 2.97. The molecule has 0 N–H and O–H groups in total. The lowest BCUT2D eigenvalue weighted by Gasteiger charge is -2.34. The Labute approximate surface area is 167 Å². The number of benzene rings is 2. The fourth-order valence-corrected chi connectivity index (χ4v) is 4.53. The standard InChI is InChI=1S/C18H19NO5S.C3H8/c1-23-15-7-9-16(10-8-15)25(21,22)19-12-14-6-4-3-5-13(14)11-17(19)18(20)24-2;1-3-2/h3-10,17H,11-12H2,1-2H3;3H2,1-2H3. The number of carbonyl (C=O) groups is 1. The molecule has 0 spiro atoms. The number of esters is 1. The fraction of sp³-hybridized carbons (Fsp3) is 0.381. The molecule has 152 valence electrons. The summed E-state index contributed by atoms with van der Waals surface area (Å²) in [7, 11) is -1.08. The highest BCUT2D eigenvalue weighted by Crippen LogP contribution is 2.30. The predicted molar refractivity (Wildman–Crippen MR) is 108 cm³/mol. The van der Waals surface area contributed by atoms with Crippen LogP contribution in [0.3, 0.4) is 0 Å². The van der Waals surface area contributed by atoms with Gasteiger partial charge in [0.2, 0.25) is 10.0 Å². The Kier molecular flexibility index (Phi) is 7.60. The van der Waals surface area contributed by atoms with Gasteiger partial charge in [-0.25, -0.2) is 8.42 Å². The minimum Gasteiger partial charge on any atom is -0.497 e. The van der Waals surface area contributed by atoms with E-state index < -0.39 is 22.0 Å². The van der Waals surface area contributed by atoms with Crippen LogP contribution in [0.5, 0.6) is 5.75 Å². The molecular formula is C21H27NO5S. The molecule has 0 fully saturated rings. The Hall–Kier alpha value is -2.38. The van der Waals surface area contributed by atoms with Gasteiger partial charge in [0.15, 0.2) is 0 Å². The molecule has 7 heteroatoms. The van der Waals surface area contributed by atoms with Crippen molar-refractivity contribution in [2.24, 2.45) is 0 Å².